The van der Waals surface area contributed by atoms with Crippen molar-refractivity contribution < 1.29 is 20.1 Å². The van der Waals surface area contributed by atoms with Crippen LogP contribution < -0.4 is 11.4 Å². The molecular formula is C10H10N4O5. The topological polar surface area (TPSA) is 155 Å². The number of nitrogens with two attached hydrogens (primary N) is 1. The summed E-state index contributed by atoms with van der Waals surface area (Å²) >= 11 is 0. The monoisotopic (exact) mass is 266 g/mol. The van der Waals surface area contributed by atoms with Gasteiger partial charge in [0, 0.05) is 6.20 Å². The van der Waals surface area contributed by atoms with E-state index in [4.69, 9.17) is 15.6 Å². The molecule has 2 atom stereocenters. The molecule has 2 rings (SSSR count). The highest BCUT2D eigenvalue weighted by Gasteiger charge is 2.53. The standard InChI is InChI=1S/C10H10N4O5/c11-4-10(8(17)7(16)5(3-15)19-10)14-2-1-6(12)13-9(14)18/h1-2,8,15-17H,3H2,(H2,12,13,18)/t8?,10-/m1/s1. The molecule has 0 amide bonds. The molecule has 9 heteroatoms. The molecule has 0 saturated heterocycles. The van der Waals surface area contributed by atoms with Gasteiger partial charge in [-0.3, -0.25) is 0 Å². The molecule has 0 spiro atoms. The van der Waals surface area contributed by atoms with Crippen LogP contribution in [0.3, 0.4) is 0 Å². The molecule has 1 aromatic rings. The highest BCUT2D eigenvalue weighted by Crippen LogP contribution is 2.35. The summed E-state index contributed by atoms with van der Waals surface area (Å²) in [6.07, 6.45) is -0.729. The van der Waals surface area contributed by atoms with E-state index in [0.717, 1.165) is 6.20 Å². The second kappa shape index (κ2) is 4.27. The maximum atomic E-state index is 11.7. The lowest BCUT2D eigenvalue weighted by molar-refractivity contribution is -0.0784. The number of nitrogens with zero attached hydrogens (tertiary/aromatic N) is 3. The van der Waals surface area contributed by atoms with Gasteiger partial charge in [-0.1, -0.05) is 0 Å². The zero-order valence-corrected chi connectivity index (χ0v) is 9.52. The van der Waals surface area contributed by atoms with Gasteiger partial charge in [-0.15, -0.1) is 0 Å². The van der Waals surface area contributed by atoms with Crippen LogP contribution in [0.15, 0.2) is 28.6 Å². The first kappa shape index (κ1) is 12.9. The summed E-state index contributed by atoms with van der Waals surface area (Å²) in [6.45, 7) is -0.733. The Labute approximate surface area is 106 Å². The van der Waals surface area contributed by atoms with E-state index in [-0.39, 0.29) is 5.82 Å². The first-order chi connectivity index (χ1) is 8.96. The Kier molecular flexibility index (Phi) is 2.89. The van der Waals surface area contributed by atoms with Gasteiger partial charge in [0.25, 0.3) is 0 Å². The van der Waals surface area contributed by atoms with E-state index in [0.29, 0.717) is 4.57 Å². The van der Waals surface area contributed by atoms with Crippen molar-refractivity contribution in [2.45, 2.75) is 11.8 Å². The molecule has 0 bridgehead atoms. The van der Waals surface area contributed by atoms with E-state index in [9.17, 15) is 20.3 Å². The van der Waals surface area contributed by atoms with E-state index >= 15 is 0 Å². The summed E-state index contributed by atoms with van der Waals surface area (Å²) in [7, 11) is 0. The van der Waals surface area contributed by atoms with Gasteiger partial charge < -0.3 is 25.8 Å². The minimum atomic E-state index is -2.22. The summed E-state index contributed by atoms with van der Waals surface area (Å²) < 4.78 is 5.72. The summed E-state index contributed by atoms with van der Waals surface area (Å²) in [6, 6.07) is 2.82. The Morgan fingerprint density at radius 1 is 1.68 bits per heavy atom. The van der Waals surface area contributed by atoms with Crippen molar-refractivity contribution in [3.63, 3.8) is 0 Å². The van der Waals surface area contributed by atoms with Crippen molar-refractivity contribution in [2.24, 2.45) is 0 Å². The second-order valence-electron chi connectivity index (χ2n) is 3.78. The SMILES string of the molecule is N#C[C@@]1(n2ccc(N)nc2=O)OC(CO)=C(O)C1O. The van der Waals surface area contributed by atoms with Crippen molar-refractivity contribution in [2.75, 3.05) is 12.3 Å². The van der Waals surface area contributed by atoms with Gasteiger partial charge in [-0.2, -0.15) is 10.2 Å². The molecule has 1 aromatic heterocycles. The van der Waals surface area contributed by atoms with Gasteiger partial charge in [-0.05, 0) is 6.07 Å². The normalized spacial score (nSPS) is 26.1. The molecule has 100 valence electrons. The van der Waals surface area contributed by atoms with E-state index in [2.05, 4.69) is 4.98 Å². The fourth-order valence-electron chi connectivity index (χ4n) is 1.73. The number of aliphatic hydroxyl groups excluding tert-OH is 3. The van der Waals surface area contributed by atoms with E-state index in [1.807, 2.05) is 0 Å². The van der Waals surface area contributed by atoms with Crippen LogP contribution in [0, 0.1) is 11.3 Å². The number of nitrogen functional groups attached to an aromatic ring is 1. The summed E-state index contributed by atoms with van der Waals surface area (Å²) in [4.78, 5) is 15.1. The zero-order valence-electron chi connectivity index (χ0n) is 9.52. The van der Waals surface area contributed by atoms with Crippen LogP contribution in [0.25, 0.3) is 0 Å². The average molecular weight is 266 g/mol. The predicted octanol–water partition coefficient (Wildman–Crippen LogP) is -1.85. The van der Waals surface area contributed by atoms with Crippen LogP contribution in [-0.2, 0) is 10.5 Å². The van der Waals surface area contributed by atoms with E-state index in [1.165, 1.54) is 6.07 Å². The zero-order chi connectivity index (χ0) is 14.2. The van der Waals surface area contributed by atoms with Crippen molar-refractivity contribution in [3.8, 4) is 6.07 Å². The fraction of sp³-hybridized carbons (Fsp3) is 0.300. The number of rotatable bonds is 2. The third-order valence-electron chi connectivity index (χ3n) is 2.68. The highest BCUT2D eigenvalue weighted by atomic mass is 16.6. The Morgan fingerprint density at radius 2 is 2.37 bits per heavy atom. The van der Waals surface area contributed by atoms with Crippen LogP contribution in [0.2, 0.25) is 0 Å². The largest absolute Gasteiger partial charge is 0.506 e. The van der Waals surface area contributed by atoms with Crippen molar-refractivity contribution in [1.29, 1.82) is 5.26 Å². The lowest BCUT2D eigenvalue weighted by Gasteiger charge is -2.26. The van der Waals surface area contributed by atoms with Crippen LogP contribution in [0.5, 0.6) is 0 Å². The Morgan fingerprint density at radius 3 is 2.84 bits per heavy atom. The van der Waals surface area contributed by atoms with Crippen LogP contribution in [0.4, 0.5) is 5.82 Å². The molecule has 1 unspecified atom stereocenters. The molecule has 0 aromatic carbocycles. The molecule has 2 heterocycles. The summed E-state index contributed by atoms with van der Waals surface area (Å²) in [5.41, 5.74) is 2.16. The highest BCUT2D eigenvalue weighted by molar-refractivity contribution is 5.28. The second-order valence-corrected chi connectivity index (χ2v) is 3.78. The van der Waals surface area contributed by atoms with Crippen LogP contribution >= 0.6 is 0 Å². The molecular weight excluding hydrogens is 256 g/mol. The lowest BCUT2D eigenvalue weighted by atomic mass is 10.1. The number of nitriles is 1. The fourth-order valence-corrected chi connectivity index (χ4v) is 1.73. The molecule has 0 radical (unpaired) electrons. The van der Waals surface area contributed by atoms with E-state index < -0.39 is 35.6 Å². The van der Waals surface area contributed by atoms with Gasteiger partial charge in [-0.25, -0.2) is 9.36 Å². The lowest BCUT2D eigenvalue weighted by Crippen LogP contribution is -2.48. The smallest absolute Gasteiger partial charge is 0.353 e. The molecule has 5 N–H and O–H groups in total. The Balaban J connectivity index is 2.59. The molecule has 9 nitrogen and oxygen atoms in total. The van der Waals surface area contributed by atoms with Crippen molar-refractivity contribution >= 4 is 5.82 Å². The molecule has 0 fully saturated rings. The molecule has 0 saturated carbocycles. The maximum Gasteiger partial charge on any atom is 0.353 e. The van der Waals surface area contributed by atoms with Crippen LogP contribution in [-0.4, -0.2) is 37.6 Å². The molecule has 0 aliphatic carbocycles. The Bertz CT molecular complexity index is 646. The third-order valence-corrected chi connectivity index (χ3v) is 2.68. The quantitative estimate of drug-likeness (QED) is 0.486. The number of aliphatic hydroxyl groups is 3. The molecule has 1 aliphatic rings. The Hall–Kier alpha value is -2.57. The summed E-state index contributed by atoms with van der Waals surface area (Å²) in [5, 5.41) is 37.6. The van der Waals surface area contributed by atoms with Crippen LogP contribution in [0.1, 0.15) is 0 Å². The minimum absolute atomic E-state index is 0.0682. The predicted molar refractivity (Wildman–Crippen MR) is 60.3 cm³/mol. The van der Waals surface area contributed by atoms with Gasteiger partial charge in [0.05, 0.1) is 0 Å². The first-order valence-corrected chi connectivity index (χ1v) is 5.13. The van der Waals surface area contributed by atoms with Gasteiger partial charge in [0.15, 0.2) is 17.6 Å². The average Bonchev–Trinajstić information content (AvgIpc) is 2.64. The van der Waals surface area contributed by atoms with Gasteiger partial charge in [0.2, 0.25) is 0 Å². The minimum Gasteiger partial charge on any atom is -0.506 e. The number of hydrogen-bond donors (Lipinski definition) is 4. The van der Waals surface area contributed by atoms with Gasteiger partial charge in [0.1, 0.15) is 18.5 Å². The first-order valence-electron chi connectivity index (χ1n) is 5.13. The maximum absolute atomic E-state index is 11.7. The summed E-state index contributed by atoms with van der Waals surface area (Å²) in [5.74, 6) is -1.17. The number of aromatic nitrogens is 2. The van der Waals surface area contributed by atoms with E-state index in [1.54, 1.807) is 6.07 Å². The molecule has 19 heavy (non-hydrogen) atoms. The van der Waals surface area contributed by atoms with Crippen molar-refractivity contribution in [1.82, 2.24) is 9.55 Å². The van der Waals surface area contributed by atoms with Gasteiger partial charge >= 0.3 is 11.4 Å². The number of anilines is 1. The number of hydrogen-bond acceptors (Lipinski definition) is 8. The molecule has 1 aliphatic heterocycles. The number of ether oxygens (including phenoxy) is 1. The third kappa shape index (κ3) is 1.70. The van der Waals surface area contributed by atoms with Crippen molar-refractivity contribution in [3.05, 3.63) is 34.3 Å².